The standard InChI is InChI=1S/C22H29F4N3O/c1-12-8-16(12)17-10-20(29-7-6-14(23)11-29)18(9-19(17)27)21(30)28-15-4-2-13(3-5-15)22(24,25)26/h9-10,12-16H,2-8,11,27H2,1H3,(H,28,30). The molecule has 3 atom stereocenters. The number of nitrogens with zero attached hydrogens (tertiary/aromatic N) is 1. The summed E-state index contributed by atoms with van der Waals surface area (Å²) >= 11 is 0. The summed E-state index contributed by atoms with van der Waals surface area (Å²) in [5, 5.41) is 2.90. The fourth-order valence-corrected chi connectivity index (χ4v) is 4.91. The van der Waals surface area contributed by atoms with E-state index in [4.69, 9.17) is 5.73 Å². The van der Waals surface area contributed by atoms with Gasteiger partial charge in [-0.05, 0) is 68.1 Å². The van der Waals surface area contributed by atoms with E-state index >= 15 is 0 Å². The zero-order chi connectivity index (χ0) is 21.6. The average Bonchev–Trinajstić information content (AvgIpc) is 3.24. The number of amides is 1. The number of hydrogen-bond donors (Lipinski definition) is 2. The molecule has 1 heterocycles. The van der Waals surface area contributed by atoms with Gasteiger partial charge >= 0.3 is 6.18 Å². The highest BCUT2D eigenvalue weighted by atomic mass is 19.4. The van der Waals surface area contributed by atoms with E-state index < -0.39 is 18.3 Å². The van der Waals surface area contributed by atoms with Crippen LogP contribution in [0, 0.1) is 11.8 Å². The third kappa shape index (κ3) is 4.37. The minimum Gasteiger partial charge on any atom is -0.398 e. The maximum absolute atomic E-state index is 13.9. The molecule has 2 saturated carbocycles. The molecule has 3 N–H and O–H groups in total. The van der Waals surface area contributed by atoms with Crippen molar-refractivity contribution in [1.82, 2.24) is 5.32 Å². The Balaban J connectivity index is 1.52. The number of carbonyl (C=O) groups is 1. The maximum Gasteiger partial charge on any atom is 0.391 e. The second kappa shape index (κ2) is 7.93. The number of nitrogen functional groups attached to an aromatic ring is 1. The van der Waals surface area contributed by atoms with Gasteiger partial charge in [-0.15, -0.1) is 0 Å². The zero-order valence-electron chi connectivity index (χ0n) is 17.1. The molecule has 0 bridgehead atoms. The first kappa shape index (κ1) is 21.2. The molecule has 1 aliphatic heterocycles. The molecule has 2 aliphatic carbocycles. The van der Waals surface area contributed by atoms with E-state index in [1.807, 2.05) is 11.0 Å². The molecule has 1 aromatic rings. The van der Waals surface area contributed by atoms with Crippen LogP contribution in [-0.4, -0.2) is 37.4 Å². The lowest BCUT2D eigenvalue weighted by molar-refractivity contribution is -0.182. The Bertz CT molecular complexity index is 804. The Labute approximate surface area is 174 Å². The van der Waals surface area contributed by atoms with E-state index in [-0.39, 0.29) is 31.3 Å². The van der Waals surface area contributed by atoms with Crippen LogP contribution < -0.4 is 16.0 Å². The van der Waals surface area contributed by atoms with Crippen LogP contribution in [0.15, 0.2) is 12.1 Å². The molecule has 166 valence electrons. The number of benzene rings is 1. The molecule has 0 aromatic heterocycles. The summed E-state index contributed by atoms with van der Waals surface area (Å²) in [7, 11) is 0. The van der Waals surface area contributed by atoms with Crippen LogP contribution in [0.3, 0.4) is 0 Å². The second-order valence-electron chi connectivity index (χ2n) is 9.21. The summed E-state index contributed by atoms with van der Waals surface area (Å²) < 4.78 is 52.5. The highest BCUT2D eigenvalue weighted by Crippen LogP contribution is 2.50. The Morgan fingerprint density at radius 1 is 1.17 bits per heavy atom. The van der Waals surface area contributed by atoms with Crippen LogP contribution in [-0.2, 0) is 0 Å². The molecule has 0 spiro atoms. The van der Waals surface area contributed by atoms with Crippen molar-refractivity contribution in [3.05, 3.63) is 23.3 Å². The van der Waals surface area contributed by atoms with Crippen molar-refractivity contribution >= 4 is 17.3 Å². The van der Waals surface area contributed by atoms with Crippen molar-refractivity contribution < 1.29 is 22.4 Å². The number of nitrogens with one attached hydrogen (secondary N) is 1. The number of nitrogens with two attached hydrogens (primary N) is 1. The first-order chi connectivity index (χ1) is 14.1. The number of halogens is 4. The van der Waals surface area contributed by atoms with Crippen LogP contribution in [0.4, 0.5) is 28.9 Å². The molecule has 1 saturated heterocycles. The topological polar surface area (TPSA) is 58.4 Å². The molecule has 8 heteroatoms. The van der Waals surface area contributed by atoms with Gasteiger partial charge in [-0.1, -0.05) is 6.92 Å². The van der Waals surface area contributed by atoms with Crippen LogP contribution in [0.25, 0.3) is 0 Å². The van der Waals surface area contributed by atoms with E-state index in [0.29, 0.717) is 54.6 Å². The van der Waals surface area contributed by atoms with Crippen molar-refractivity contribution in [2.45, 2.75) is 69.8 Å². The summed E-state index contributed by atoms with van der Waals surface area (Å²) in [5.41, 5.74) is 8.88. The van der Waals surface area contributed by atoms with Crippen LogP contribution in [0.5, 0.6) is 0 Å². The average molecular weight is 427 g/mol. The van der Waals surface area contributed by atoms with Gasteiger partial charge in [0.15, 0.2) is 0 Å². The lowest BCUT2D eigenvalue weighted by Gasteiger charge is -2.31. The molecular weight excluding hydrogens is 398 g/mol. The normalized spacial score (nSPS) is 31.6. The zero-order valence-corrected chi connectivity index (χ0v) is 17.1. The number of alkyl halides is 4. The lowest BCUT2D eigenvalue weighted by atomic mass is 9.85. The Morgan fingerprint density at radius 3 is 2.37 bits per heavy atom. The first-order valence-electron chi connectivity index (χ1n) is 10.8. The van der Waals surface area contributed by atoms with Crippen molar-refractivity contribution in [3.8, 4) is 0 Å². The molecule has 4 nitrogen and oxygen atoms in total. The molecule has 3 aliphatic rings. The van der Waals surface area contributed by atoms with Gasteiger partial charge in [-0.25, -0.2) is 4.39 Å². The van der Waals surface area contributed by atoms with Gasteiger partial charge in [-0.2, -0.15) is 13.2 Å². The van der Waals surface area contributed by atoms with Gasteiger partial charge in [0.05, 0.1) is 17.2 Å². The fourth-order valence-electron chi connectivity index (χ4n) is 4.91. The number of hydrogen-bond acceptors (Lipinski definition) is 3. The first-order valence-corrected chi connectivity index (χ1v) is 10.8. The highest BCUT2D eigenvalue weighted by molar-refractivity contribution is 6.01. The molecule has 0 radical (unpaired) electrons. The van der Waals surface area contributed by atoms with E-state index in [1.165, 1.54) is 0 Å². The van der Waals surface area contributed by atoms with Crippen molar-refractivity contribution in [2.24, 2.45) is 11.8 Å². The lowest BCUT2D eigenvalue weighted by Crippen LogP contribution is -2.40. The number of rotatable bonds is 4. The third-order valence-corrected chi connectivity index (χ3v) is 6.95. The van der Waals surface area contributed by atoms with Crippen molar-refractivity contribution in [3.63, 3.8) is 0 Å². The van der Waals surface area contributed by atoms with Crippen LogP contribution in [0.2, 0.25) is 0 Å². The van der Waals surface area contributed by atoms with E-state index in [0.717, 1.165) is 12.0 Å². The molecular formula is C22H29F4N3O. The minimum atomic E-state index is -4.18. The van der Waals surface area contributed by atoms with Crippen molar-refractivity contribution in [1.29, 1.82) is 0 Å². The smallest absolute Gasteiger partial charge is 0.391 e. The third-order valence-electron chi connectivity index (χ3n) is 6.95. The van der Waals surface area contributed by atoms with Gasteiger partial charge < -0.3 is 16.0 Å². The summed E-state index contributed by atoms with van der Waals surface area (Å²) in [5.74, 6) is -0.731. The predicted molar refractivity (Wildman–Crippen MR) is 108 cm³/mol. The molecule has 4 rings (SSSR count). The SMILES string of the molecule is CC1CC1c1cc(N2CCC(F)C2)c(C(=O)NC2CCC(C(F)(F)F)CC2)cc1N. The number of carbonyl (C=O) groups excluding carboxylic acids is 1. The second-order valence-corrected chi connectivity index (χ2v) is 9.21. The summed E-state index contributed by atoms with van der Waals surface area (Å²) in [6, 6.07) is 3.30. The van der Waals surface area contributed by atoms with E-state index in [1.54, 1.807) is 6.07 Å². The van der Waals surface area contributed by atoms with E-state index in [9.17, 15) is 22.4 Å². The molecule has 30 heavy (non-hydrogen) atoms. The highest BCUT2D eigenvalue weighted by Gasteiger charge is 2.42. The Morgan fingerprint density at radius 2 is 1.83 bits per heavy atom. The summed E-state index contributed by atoms with van der Waals surface area (Å²) in [4.78, 5) is 14.9. The largest absolute Gasteiger partial charge is 0.398 e. The molecule has 3 fully saturated rings. The monoisotopic (exact) mass is 427 g/mol. The predicted octanol–water partition coefficient (Wildman–Crippen LogP) is 4.79. The minimum absolute atomic E-state index is 0.0254. The van der Waals surface area contributed by atoms with Crippen LogP contribution in [0.1, 0.15) is 67.3 Å². The quantitative estimate of drug-likeness (QED) is 0.537. The maximum atomic E-state index is 13.9. The Kier molecular flexibility index (Phi) is 5.62. The Hall–Kier alpha value is -1.99. The van der Waals surface area contributed by atoms with E-state index in [2.05, 4.69) is 12.2 Å². The molecule has 3 unspecified atom stereocenters. The summed E-state index contributed by atoms with van der Waals surface area (Å²) in [6.07, 6.45) is -2.99. The number of anilines is 2. The fraction of sp³-hybridized carbons (Fsp3) is 0.682. The van der Waals surface area contributed by atoms with Crippen molar-refractivity contribution in [2.75, 3.05) is 23.7 Å². The summed E-state index contributed by atoms with van der Waals surface area (Å²) in [6.45, 7) is 2.91. The van der Waals surface area contributed by atoms with Crippen LogP contribution >= 0.6 is 0 Å². The van der Waals surface area contributed by atoms with Gasteiger partial charge in [0.25, 0.3) is 5.91 Å². The van der Waals surface area contributed by atoms with Gasteiger partial charge in [0.2, 0.25) is 0 Å². The van der Waals surface area contributed by atoms with Gasteiger partial charge in [-0.3, -0.25) is 4.79 Å². The van der Waals surface area contributed by atoms with Gasteiger partial charge in [0.1, 0.15) is 6.17 Å². The molecule has 1 amide bonds. The van der Waals surface area contributed by atoms with Gasteiger partial charge in [0, 0.05) is 24.8 Å². The molecule has 1 aromatic carbocycles.